The molecule has 0 saturated carbocycles. The van der Waals surface area contributed by atoms with E-state index in [0.717, 1.165) is 112 Å². The molecule has 139 heavy (non-hydrogen) atoms. The van der Waals surface area contributed by atoms with Crippen LogP contribution in [0.2, 0.25) is 0 Å². The Morgan fingerprint density at radius 2 is 0.885 bits per heavy atom. The number of hydrogen-bond donors (Lipinski definition) is 12. The standard InChI is InChI=1S/C29H31F2N5O5.C25H24F2N6O3.C24H23F2N5O3.C19H15F2N5O2/c1-29(2,3)41-28(38)36-12-9-17(10-13-36)11-14-39-18-7-8-23-21(15-18)34-27(40-23)25-22(16-32-35-25)33-26(37)24-19(30)5-4-6-20(24)31;1-2-36-20-12-18-17(11-14(20)25(35)33-9-4-3-5-10-33)29-23(30-18)22-19(13-28-32-22)31-24(34)21-15(26)7-6-8-16(21)27;25-16-2-1-3-17(26)21(16)23(32)29-19-13-28-31-22(19)24-30-18-12-15(4-5-20(18)34-24)33-11-8-14-6-9-27-10-7-14;1-9-5-10(8-27)16-13(6-9)23-18(25-16)17-14(7-22-26-17)24-19(28)15-11(20)3-2-4-12(15)21/h4-8,15-17H,9-14H2,1-3H3,(H,32,35)(H,33,37);6-8,11-13H,2-5,9-10H2,1H3,(H,28,32)(H,29,30)(H,31,34);1-5,12-14,27H,6-11H2,(H,28,31)(H,29,32);2-7,27H,8H2,1H3,(H,22,26)(H,23,25)(H,24,28). The molecule has 0 bridgehead atoms. The fourth-order valence-corrected chi connectivity index (χ4v) is 16.1. The van der Waals surface area contributed by atoms with E-state index >= 15 is 0 Å². The third-order valence-electron chi connectivity index (χ3n) is 23.0. The number of hydrogen-bond acceptors (Lipinski definition) is 22. The number of ether oxygens (including phenoxy) is 4. The molecule has 0 spiro atoms. The molecule has 3 fully saturated rings. The summed E-state index contributed by atoms with van der Waals surface area (Å²) in [6.45, 7) is 15.5. The number of nitrogens with zero attached hydrogens (tertiary/aromatic N) is 10. The van der Waals surface area contributed by atoms with Crippen LogP contribution in [0.5, 0.6) is 17.2 Å². The Labute approximate surface area is 785 Å². The molecule has 16 aromatic rings. The average Bonchev–Trinajstić information content (AvgIpc) is 1.64. The maximum atomic E-state index is 14.0. The fourth-order valence-electron chi connectivity index (χ4n) is 16.1. The Hall–Kier alpha value is -16.1. The first-order valence-electron chi connectivity index (χ1n) is 44.6. The van der Waals surface area contributed by atoms with Crippen molar-refractivity contribution in [3.63, 3.8) is 0 Å². The number of carbonyl (C=O) groups excluding carboxylic acids is 6. The lowest BCUT2D eigenvalue weighted by atomic mass is 9.94. The molecule has 720 valence electrons. The number of amides is 6. The van der Waals surface area contributed by atoms with Crippen LogP contribution < -0.4 is 40.8 Å². The number of aliphatic hydroxyl groups excluding tert-OH is 1. The minimum Gasteiger partial charge on any atom is -0.494 e. The van der Waals surface area contributed by atoms with Crippen molar-refractivity contribution in [1.29, 1.82) is 0 Å². The summed E-state index contributed by atoms with van der Waals surface area (Å²) in [6, 6.07) is 30.5. The minimum atomic E-state index is -0.979. The lowest BCUT2D eigenvalue weighted by Crippen LogP contribution is -2.41. The zero-order valence-electron chi connectivity index (χ0n) is 75.4. The smallest absolute Gasteiger partial charge is 0.410 e. The fraction of sp³-hybridized carbons (Fsp3) is 0.278. The van der Waals surface area contributed by atoms with E-state index in [1.165, 1.54) is 61.9 Å². The van der Waals surface area contributed by atoms with Crippen molar-refractivity contribution in [3.8, 4) is 63.5 Å². The highest BCUT2D eigenvalue weighted by atomic mass is 19.2. The zero-order valence-corrected chi connectivity index (χ0v) is 75.4. The van der Waals surface area contributed by atoms with Gasteiger partial charge in [-0.3, -0.25) is 44.4 Å². The van der Waals surface area contributed by atoms with Crippen molar-refractivity contribution < 1.29 is 96.8 Å². The summed E-state index contributed by atoms with van der Waals surface area (Å²) in [5.74, 6) is -7.82. The number of aromatic nitrogens is 14. The van der Waals surface area contributed by atoms with Crippen molar-refractivity contribution >= 4 is 103 Å². The Morgan fingerprint density at radius 3 is 1.32 bits per heavy atom. The van der Waals surface area contributed by atoms with Gasteiger partial charge in [-0.05, 0) is 208 Å². The molecular formula is C97H93F8N21O13. The van der Waals surface area contributed by atoms with Crippen LogP contribution in [0.1, 0.15) is 148 Å². The number of aromatic amines is 6. The number of likely N-dealkylation sites (tertiary alicyclic amines) is 2. The Balaban J connectivity index is 0.000000135. The van der Waals surface area contributed by atoms with Gasteiger partial charge in [0.05, 0.1) is 102 Å². The maximum Gasteiger partial charge on any atom is 0.410 e. The summed E-state index contributed by atoms with van der Waals surface area (Å²) in [5, 5.41) is 49.3. The number of benzene rings is 8. The molecule has 19 rings (SSSR count). The summed E-state index contributed by atoms with van der Waals surface area (Å²) >= 11 is 0. The molecule has 6 amide bonds. The highest BCUT2D eigenvalue weighted by Gasteiger charge is 2.32. The van der Waals surface area contributed by atoms with Gasteiger partial charge in [0, 0.05) is 49.9 Å². The molecule has 3 aliphatic rings. The van der Waals surface area contributed by atoms with E-state index in [1.54, 1.807) is 47.4 Å². The van der Waals surface area contributed by atoms with Crippen LogP contribution in [0, 0.1) is 65.3 Å². The number of fused-ring (bicyclic) bond motifs is 4. The van der Waals surface area contributed by atoms with Crippen LogP contribution in [0.15, 0.2) is 167 Å². The third kappa shape index (κ3) is 22.7. The van der Waals surface area contributed by atoms with E-state index in [1.807, 2.05) is 57.7 Å². The molecule has 8 aromatic carbocycles. The quantitative estimate of drug-likeness (QED) is 0.0250. The second-order valence-corrected chi connectivity index (χ2v) is 33.8. The number of nitrogens with one attached hydrogen (secondary N) is 11. The maximum absolute atomic E-state index is 14.0. The topological polar surface area (TPSA) is 450 Å². The van der Waals surface area contributed by atoms with Crippen molar-refractivity contribution in [2.75, 3.05) is 80.4 Å². The van der Waals surface area contributed by atoms with Crippen LogP contribution in [0.4, 0.5) is 62.7 Å². The number of halogens is 8. The van der Waals surface area contributed by atoms with Gasteiger partial charge in [0.2, 0.25) is 11.8 Å². The van der Waals surface area contributed by atoms with E-state index in [0.29, 0.717) is 154 Å². The Kier molecular flexibility index (Phi) is 29.6. The van der Waals surface area contributed by atoms with E-state index in [2.05, 4.69) is 97.3 Å². The number of H-pyrrole nitrogens is 6. The van der Waals surface area contributed by atoms with Crippen molar-refractivity contribution in [1.82, 2.24) is 85.8 Å². The predicted molar refractivity (Wildman–Crippen MR) is 496 cm³/mol. The van der Waals surface area contributed by atoms with Crippen molar-refractivity contribution in [2.45, 2.75) is 105 Å². The number of aryl methyl sites for hydroxylation is 1. The number of aliphatic hydroxyl groups is 1. The number of anilines is 4. The number of imidazole rings is 2. The molecule has 3 aliphatic heterocycles. The van der Waals surface area contributed by atoms with Gasteiger partial charge in [-0.2, -0.15) is 20.4 Å². The summed E-state index contributed by atoms with van der Waals surface area (Å²) < 4.78 is 146. The number of rotatable bonds is 24. The largest absolute Gasteiger partial charge is 0.494 e. The summed E-state index contributed by atoms with van der Waals surface area (Å²) in [4.78, 5) is 103. The monoisotopic (exact) mass is 1910 g/mol. The molecule has 0 aliphatic carbocycles. The van der Waals surface area contributed by atoms with Crippen molar-refractivity contribution in [2.24, 2.45) is 11.8 Å². The summed E-state index contributed by atoms with van der Waals surface area (Å²) in [5.41, 5.74) is 5.12. The molecule has 8 aromatic heterocycles. The van der Waals surface area contributed by atoms with E-state index in [-0.39, 0.29) is 64.5 Å². The van der Waals surface area contributed by atoms with Crippen LogP contribution in [0.25, 0.3) is 90.5 Å². The number of oxazole rings is 2. The van der Waals surface area contributed by atoms with Gasteiger partial charge in [-0.15, -0.1) is 0 Å². The SMILES string of the molecule is CC(C)(C)OC(=O)N1CCC(CCOc2ccc3oc(-c4[nH]ncc4NC(=O)c4c(F)cccc4F)nc3c2)CC1.CCOc1cc2nc(-c3[nH]ncc3NC(=O)c3c(F)cccc3F)[nH]c2cc1C(=O)N1CCCCC1.Cc1cc(CO)c2nc(-c3[nH]ncc3NC(=O)c3c(F)cccc3F)[nH]c2c1.O=C(Nc1cn[nH]c1-c1nc2cc(OCCC3CCNCC3)ccc2o1)c1c(F)cccc1F. The number of piperidine rings is 3. The van der Waals surface area contributed by atoms with Crippen LogP contribution in [-0.4, -0.2) is 186 Å². The normalized spacial score (nSPS) is 13.5. The molecule has 0 radical (unpaired) electrons. The average molecular weight is 1910 g/mol. The van der Waals surface area contributed by atoms with Gasteiger partial charge in [-0.25, -0.2) is 59.9 Å². The van der Waals surface area contributed by atoms with Gasteiger partial charge in [-0.1, -0.05) is 30.3 Å². The van der Waals surface area contributed by atoms with Crippen LogP contribution in [0.3, 0.4) is 0 Å². The van der Waals surface area contributed by atoms with Crippen LogP contribution >= 0.6 is 0 Å². The van der Waals surface area contributed by atoms with E-state index in [9.17, 15) is 69.0 Å². The van der Waals surface area contributed by atoms with Crippen LogP contribution in [-0.2, 0) is 11.3 Å². The van der Waals surface area contributed by atoms with E-state index in [4.69, 9.17) is 27.8 Å². The molecule has 34 nitrogen and oxygen atoms in total. The second kappa shape index (κ2) is 42.8. The Morgan fingerprint density at radius 1 is 0.468 bits per heavy atom. The summed E-state index contributed by atoms with van der Waals surface area (Å²) in [6.07, 6.45) is 14.0. The first-order chi connectivity index (χ1) is 67.1. The first-order valence-corrected chi connectivity index (χ1v) is 44.6. The lowest BCUT2D eigenvalue weighted by Gasteiger charge is -2.33. The molecule has 42 heteroatoms. The summed E-state index contributed by atoms with van der Waals surface area (Å²) in [7, 11) is 0. The molecule has 3 saturated heterocycles. The van der Waals surface area contributed by atoms with Gasteiger partial charge in [0.15, 0.2) is 22.8 Å². The van der Waals surface area contributed by atoms with Gasteiger partial charge in [0.25, 0.3) is 29.5 Å². The number of carbonyl (C=O) groups is 6. The second-order valence-electron chi connectivity index (χ2n) is 33.8. The highest BCUT2D eigenvalue weighted by molar-refractivity contribution is 6.09. The lowest BCUT2D eigenvalue weighted by molar-refractivity contribution is 0.0176. The molecule has 0 unspecified atom stereocenters. The Bertz CT molecular complexity index is 7100. The minimum absolute atomic E-state index is 0.0994. The highest BCUT2D eigenvalue weighted by Crippen LogP contribution is 2.38. The third-order valence-corrected chi connectivity index (χ3v) is 23.0. The zero-order chi connectivity index (χ0) is 97.7. The molecule has 11 heterocycles. The molecule has 0 atom stereocenters. The van der Waals surface area contributed by atoms with Crippen molar-refractivity contribution in [3.05, 3.63) is 244 Å². The molecule has 12 N–H and O–H groups in total. The van der Waals surface area contributed by atoms with Gasteiger partial charge < -0.3 is 79.2 Å². The first kappa shape index (κ1) is 96.0. The van der Waals surface area contributed by atoms with E-state index < -0.39 is 98.0 Å². The van der Waals surface area contributed by atoms with Gasteiger partial charge in [0.1, 0.15) is 125 Å². The van der Waals surface area contributed by atoms with Gasteiger partial charge >= 0.3 is 6.09 Å². The molecular weight excluding hydrogens is 1820 g/mol. The predicted octanol–water partition coefficient (Wildman–Crippen LogP) is 18.5.